The van der Waals surface area contributed by atoms with Crippen LogP contribution in [0.2, 0.25) is 0 Å². The molecule has 10 heteroatoms. The van der Waals surface area contributed by atoms with E-state index in [0.29, 0.717) is 40.8 Å². The van der Waals surface area contributed by atoms with Crippen molar-refractivity contribution < 1.29 is 14.8 Å². The first-order chi connectivity index (χ1) is 20.9. The molecule has 43 heavy (non-hydrogen) atoms. The average molecular weight is 577 g/mol. The number of hydrogen-bond donors (Lipinski definition) is 3. The maximum atomic E-state index is 12.2. The van der Waals surface area contributed by atoms with Gasteiger partial charge in [0, 0.05) is 54.5 Å². The third-order valence-electron chi connectivity index (χ3n) is 7.91. The largest absolute Gasteiger partial charge is 0.494 e. The lowest BCUT2D eigenvalue weighted by atomic mass is 9.98. The number of likely N-dealkylation sites (tertiary alicyclic amines) is 1. The molecule has 6 rings (SSSR count). The highest BCUT2D eigenvalue weighted by Gasteiger charge is 2.22. The molecule has 0 spiro atoms. The summed E-state index contributed by atoms with van der Waals surface area (Å²) in [6.45, 7) is 3.52. The summed E-state index contributed by atoms with van der Waals surface area (Å²) in [6, 6.07) is 20.0. The number of carbonyl (C=O) groups excluding carboxylic acids is 1. The Labute approximate surface area is 248 Å². The molecule has 1 amide bonds. The minimum Gasteiger partial charge on any atom is -0.494 e. The first kappa shape index (κ1) is 27.9. The molecule has 0 radical (unpaired) electrons. The number of aromatic hydroxyl groups is 1. The average Bonchev–Trinajstić information content (AvgIpc) is 3.64. The van der Waals surface area contributed by atoms with Gasteiger partial charge in [-0.05, 0) is 48.6 Å². The van der Waals surface area contributed by atoms with Gasteiger partial charge in [-0.3, -0.25) is 14.9 Å². The second-order valence-electron chi connectivity index (χ2n) is 10.7. The fourth-order valence-electron chi connectivity index (χ4n) is 5.51. The maximum absolute atomic E-state index is 12.2. The minimum atomic E-state index is -0.454. The molecular weight excluding hydrogens is 544 g/mol. The predicted molar refractivity (Wildman–Crippen MR) is 166 cm³/mol. The van der Waals surface area contributed by atoms with Gasteiger partial charge in [-0.25, -0.2) is 9.98 Å². The number of imidazole rings is 1. The summed E-state index contributed by atoms with van der Waals surface area (Å²) in [5.74, 6) is 1.00. The molecule has 0 bridgehead atoms. The SMILES string of the molecule is CCc1ncc(-c2ccc(N=C(c3ccc(CCN4CCCCC4=O)cc3)c3c(O)[nH]c4ccc([N+](=O)[O-])cc34)cc2)[nH]1. The molecule has 3 N–H and O–H groups in total. The van der Waals surface area contributed by atoms with E-state index < -0.39 is 4.92 Å². The van der Waals surface area contributed by atoms with Crippen LogP contribution in [-0.4, -0.2) is 54.6 Å². The highest BCUT2D eigenvalue weighted by atomic mass is 16.6. The van der Waals surface area contributed by atoms with Crippen LogP contribution in [0.1, 0.15) is 48.7 Å². The van der Waals surface area contributed by atoms with Gasteiger partial charge in [0.2, 0.25) is 5.91 Å². The van der Waals surface area contributed by atoms with Crippen LogP contribution >= 0.6 is 0 Å². The van der Waals surface area contributed by atoms with E-state index in [0.717, 1.165) is 60.4 Å². The molecule has 218 valence electrons. The molecule has 1 fully saturated rings. The Bertz CT molecular complexity index is 1820. The van der Waals surface area contributed by atoms with Gasteiger partial charge in [0.25, 0.3) is 5.69 Å². The van der Waals surface area contributed by atoms with Crippen molar-refractivity contribution in [3.05, 3.63) is 106 Å². The van der Waals surface area contributed by atoms with Gasteiger partial charge in [-0.1, -0.05) is 43.3 Å². The molecule has 1 aliphatic heterocycles. The normalized spacial score (nSPS) is 14.0. The highest BCUT2D eigenvalue weighted by molar-refractivity contribution is 6.22. The first-order valence-electron chi connectivity index (χ1n) is 14.5. The molecule has 5 aromatic rings. The lowest BCUT2D eigenvalue weighted by molar-refractivity contribution is -0.384. The van der Waals surface area contributed by atoms with E-state index in [1.165, 1.54) is 12.1 Å². The number of rotatable bonds is 9. The standard InChI is InChI=1S/C33H32N6O4/c1-2-29-34-20-28(36-29)22-10-12-24(13-11-22)35-32(31-26-19-25(39(42)43)14-15-27(26)37-33(31)41)23-8-6-21(7-9-23)16-18-38-17-4-3-5-30(38)40/h6-15,19-20,37,41H,2-5,16-18H2,1H3,(H,34,36). The van der Waals surface area contributed by atoms with Gasteiger partial charge < -0.3 is 20.0 Å². The number of aliphatic imine (C=N–C) groups is 1. The van der Waals surface area contributed by atoms with Crippen molar-refractivity contribution in [2.24, 2.45) is 4.99 Å². The van der Waals surface area contributed by atoms with E-state index in [1.54, 1.807) is 6.07 Å². The molecule has 1 saturated heterocycles. The van der Waals surface area contributed by atoms with E-state index in [2.05, 4.69) is 15.0 Å². The Balaban J connectivity index is 1.37. The van der Waals surface area contributed by atoms with Gasteiger partial charge in [-0.2, -0.15) is 0 Å². The molecular formula is C33H32N6O4. The third-order valence-corrected chi connectivity index (χ3v) is 7.91. The molecule has 0 atom stereocenters. The minimum absolute atomic E-state index is 0.0786. The van der Waals surface area contributed by atoms with E-state index >= 15 is 0 Å². The predicted octanol–water partition coefficient (Wildman–Crippen LogP) is 6.46. The summed E-state index contributed by atoms with van der Waals surface area (Å²) in [5, 5.41) is 23.1. The van der Waals surface area contributed by atoms with Crippen LogP contribution in [-0.2, 0) is 17.6 Å². The number of aryl methyl sites for hydroxylation is 1. The van der Waals surface area contributed by atoms with Crippen LogP contribution in [0.15, 0.2) is 77.9 Å². The Kier molecular flexibility index (Phi) is 7.74. The van der Waals surface area contributed by atoms with Crippen LogP contribution in [0.3, 0.4) is 0 Å². The van der Waals surface area contributed by atoms with Gasteiger partial charge >= 0.3 is 0 Å². The summed E-state index contributed by atoms with van der Waals surface area (Å²) in [7, 11) is 0. The number of piperidine rings is 1. The molecule has 0 unspecified atom stereocenters. The zero-order chi connectivity index (χ0) is 29.9. The Morgan fingerprint density at radius 2 is 1.86 bits per heavy atom. The molecule has 1 aliphatic rings. The number of nitrogens with one attached hydrogen (secondary N) is 2. The third kappa shape index (κ3) is 5.90. The van der Waals surface area contributed by atoms with Gasteiger partial charge in [-0.15, -0.1) is 0 Å². The van der Waals surface area contributed by atoms with Gasteiger partial charge in [0.1, 0.15) is 5.82 Å². The quantitative estimate of drug-likeness (QED) is 0.105. The van der Waals surface area contributed by atoms with Crippen molar-refractivity contribution in [2.45, 2.75) is 39.0 Å². The van der Waals surface area contributed by atoms with Crippen molar-refractivity contribution in [3.63, 3.8) is 0 Å². The number of nitro benzene ring substituents is 1. The number of hydrogen-bond acceptors (Lipinski definition) is 6. The van der Waals surface area contributed by atoms with E-state index in [-0.39, 0.29) is 17.5 Å². The van der Waals surface area contributed by atoms with Crippen LogP contribution in [0.4, 0.5) is 11.4 Å². The molecule has 10 nitrogen and oxygen atoms in total. The zero-order valence-corrected chi connectivity index (χ0v) is 23.8. The molecule has 0 saturated carbocycles. The van der Waals surface area contributed by atoms with Crippen molar-refractivity contribution in [1.29, 1.82) is 0 Å². The highest BCUT2D eigenvalue weighted by Crippen LogP contribution is 2.34. The van der Waals surface area contributed by atoms with Crippen LogP contribution in [0.5, 0.6) is 5.88 Å². The number of aromatic amines is 2. The lowest BCUT2D eigenvalue weighted by Crippen LogP contribution is -2.36. The van der Waals surface area contributed by atoms with Crippen molar-refractivity contribution in [3.8, 4) is 17.1 Å². The fraction of sp³-hybridized carbons (Fsp3) is 0.242. The number of fused-ring (bicyclic) bond motifs is 1. The maximum Gasteiger partial charge on any atom is 0.270 e. The summed E-state index contributed by atoms with van der Waals surface area (Å²) < 4.78 is 0. The number of carbonyl (C=O) groups is 1. The molecule has 3 heterocycles. The van der Waals surface area contributed by atoms with Crippen LogP contribution in [0.25, 0.3) is 22.2 Å². The van der Waals surface area contributed by atoms with Gasteiger partial charge in [0.15, 0.2) is 5.88 Å². The van der Waals surface area contributed by atoms with Crippen molar-refractivity contribution in [2.75, 3.05) is 13.1 Å². The number of aromatic nitrogens is 3. The lowest BCUT2D eigenvalue weighted by Gasteiger charge is -2.26. The summed E-state index contributed by atoms with van der Waals surface area (Å²) >= 11 is 0. The number of amides is 1. The van der Waals surface area contributed by atoms with E-state index in [1.807, 2.05) is 66.6 Å². The summed E-state index contributed by atoms with van der Waals surface area (Å²) in [5.41, 5.74) is 5.70. The number of nitrogens with zero attached hydrogens (tertiary/aromatic N) is 4. The van der Waals surface area contributed by atoms with Crippen molar-refractivity contribution >= 4 is 33.9 Å². The van der Waals surface area contributed by atoms with Gasteiger partial charge in [0.05, 0.1) is 33.8 Å². The Morgan fingerprint density at radius 1 is 1.07 bits per heavy atom. The Hall–Kier alpha value is -5.25. The second kappa shape index (κ2) is 11.9. The summed E-state index contributed by atoms with van der Waals surface area (Å²) in [6.07, 6.45) is 5.97. The van der Waals surface area contributed by atoms with Crippen molar-refractivity contribution in [1.82, 2.24) is 19.9 Å². The zero-order valence-electron chi connectivity index (χ0n) is 23.8. The topological polar surface area (TPSA) is 141 Å². The van der Waals surface area contributed by atoms with Crippen LogP contribution < -0.4 is 0 Å². The summed E-state index contributed by atoms with van der Waals surface area (Å²) in [4.78, 5) is 40.9. The van der Waals surface area contributed by atoms with E-state index in [9.17, 15) is 20.0 Å². The second-order valence-corrected chi connectivity index (χ2v) is 10.7. The molecule has 3 aromatic carbocycles. The first-order valence-corrected chi connectivity index (χ1v) is 14.5. The monoisotopic (exact) mass is 576 g/mol. The number of non-ortho nitro benzene ring substituents is 1. The molecule has 2 aromatic heterocycles. The van der Waals surface area contributed by atoms with Crippen LogP contribution in [0, 0.1) is 10.1 Å². The fourth-order valence-corrected chi connectivity index (χ4v) is 5.51. The number of benzene rings is 3. The Morgan fingerprint density at radius 3 is 2.56 bits per heavy atom. The number of H-pyrrole nitrogens is 2. The van der Waals surface area contributed by atoms with E-state index in [4.69, 9.17) is 4.99 Å². The smallest absolute Gasteiger partial charge is 0.270 e. The number of nitro groups is 1. The molecule has 0 aliphatic carbocycles.